The number of urea groups is 1. The van der Waals surface area contributed by atoms with Crippen molar-refractivity contribution in [2.75, 3.05) is 7.11 Å². The van der Waals surface area contributed by atoms with Crippen LogP contribution in [-0.2, 0) is 16.1 Å². The van der Waals surface area contributed by atoms with Crippen LogP contribution in [0.5, 0.6) is 11.6 Å². The molecule has 1 fully saturated rings. The quantitative estimate of drug-likeness (QED) is 0.182. The molecule has 34 heavy (non-hydrogen) atoms. The minimum absolute atomic E-state index is 0.0356. The van der Waals surface area contributed by atoms with Gasteiger partial charge in [0.15, 0.2) is 0 Å². The number of furan rings is 1. The zero-order chi connectivity index (χ0) is 24.2. The van der Waals surface area contributed by atoms with Crippen LogP contribution < -0.4 is 10.1 Å². The van der Waals surface area contributed by atoms with E-state index in [4.69, 9.17) is 9.15 Å². The second-order valence-electron chi connectivity index (χ2n) is 6.92. The minimum Gasteiger partial charge on any atom is -0.463 e. The number of amides is 3. The van der Waals surface area contributed by atoms with E-state index in [2.05, 4.69) is 15.0 Å². The first-order valence-corrected chi connectivity index (χ1v) is 9.74. The van der Waals surface area contributed by atoms with Crippen molar-refractivity contribution in [1.29, 1.82) is 0 Å². The Balaban J connectivity index is 1.42. The maximum atomic E-state index is 12.7. The zero-order valence-corrected chi connectivity index (χ0v) is 17.6. The molecule has 1 aromatic carbocycles. The molecule has 2 aromatic heterocycles. The SMILES string of the molecule is COC(=O)c1ccc(CN2C(=O)N/C(=C\c3ccc(Oc4ccc([N+](=O)[O-])cn4)cc3)C2=O)o1. The maximum Gasteiger partial charge on any atom is 0.373 e. The number of methoxy groups -OCH3 is 1. The summed E-state index contributed by atoms with van der Waals surface area (Å²) in [5.74, 6) is -0.416. The van der Waals surface area contributed by atoms with Gasteiger partial charge in [-0.1, -0.05) is 12.1 Å². The van der Waals surface area contributed by atoms with Gasteiger partial charge in [0.25, 0.3) is 11.6 Å². The summed E-state index contributed by atoms with van der Waals surface area (Å²) in [5, 5.41) is 13.2. The molecule has 0 radical (unpaired) electrons. The Hall–Kier alpha value is -5.00. The maximum absolute atomic E-state index is 12.7. The lowest BCUT2D eigenvalue weighted by Crippen LogP contribution is -2.30. The molecule has 3 amide bonds. The van der Waals surface area contributed by atoms with Crippen LogP contribution in [0, 0.1) is 10.1 Å². The molecule has 1 aliphatic heterocycles. The molecule has 172 valence electrons. The Bertz CT molecular complexity index is 1300. The average molecular weight is 464 g/mol. The highest BCUT2D eigenvalue weighted by Crippen LogP contribution is 2.23. The summed E-state index contributed by atoms with van der Waals surface area (Å²) in [6.45, 7) is -0.159. The molecule has 4 rings (SSSR count). The Labute approximate surface area is 191 Å². The number of aromatic nitrogens is 1. The molecule has 0 bridgehead atoms. The van der Waals surface area contributed by atoms with Gasteiger partial charge in [-0.3, -0.25) is 19.8 Å². The molecule has 0 atom stereocenters. The normalized spacial score (nSPS) is 14.3. The fourth-order valence-electron chi connectivity index (χ4n) is 3.00. The van der Waals surface area contributed by atoms with Crippen LogP contribution >= 0.6 is 0 Å². The zero-order valence-electron chi connectivity index (χ0n) is 17.6. The van der Waals surface area contributed by atoms with Gasteiger partial charge in [0.2, 0.25) is 11.6 Å². The van der Waals surface area contributed by atoms with Crippen LogP contribution in [0.15, 0.2) is 64.8 Å². The van der Waals surface area contributed by atoms with Crippen molar-refractivity contribution in [3.63, 3.8) is 0 Å². The van der Waals surface area contributed by atoms with E-state index in [0.717, 1.165) is 11.1 Å². The Morgan fingerprint density at radius 2 is 1.94 bits per heavy atom. The van der Waals surface area contributed by atoms with Crippen LogP contribution in [0.4, 0.5) is 10.5 Å². The Kier molecular flexibility index (Phi) is 6.03. The number of nitrogens with zero attached hydrogens (tertiary/aromatic N) is 3. The summed E-state index contributed by atoms with van der Waals surface area (Å²) in [6.07, 6.45) is 2.59. The lowest BCUT2D eigenvalue weighted by Gasteiger charge is -2.09. The van der Waals surface area contributed by atoms with Crippen LogP contribution in [0.3, 0.4) is 0 Å². The number of benzene rings is 1. The predicted octanol–water partition coefficient (Wildman–Crippen LogP) is 3.25. The summed E-state index contributed by atoms with van der Waals surface area (Å²) >= 11 is 0. The predicted molar refractivity (Wildman–Crippen MR) is 115 cm³/mol. The fourth-order valence-corrected chi connectivity index (χ4v) is 3.00. The number of nitrogens with one attached hydrogen (secondary N) is 1. The average Bonchev–Trinajstić information content (AvgIpc) is 3.40. The number of esters is 1. The van der Waals surface area contributed by atoms with Gasteiger partial charge < -0.3 is 19.2 Å². The van der Waals surface area contributed by atoms with Crippen LogP contribution in [0.2, 0.25) is 0 Å². The highest BCUT2D eigenvalue weighted by Gasteiger charge is 2.34. The first-order valence-electron chi connectivity index (χ1n) is 9.74. The molecule has 3 heterocycles. The van der Waals surface area contributed by atoms with Crippen molar-refractivity contribution in [2.45, 2.75) is 6.54 Å². The molecule has 1 aliphatic rings. The van der Waals surface area contributed by atoms with E-state index in [1.807, 2.05) is 0 Å². The van der Waals surface area contributed by atoms with Gasteiger partial charge in [-0.05, 0) is 35.9 Å². The Morgan fingerprint density at radius 1 is 1.18 bits per heavy atom. The van der Waals surface area contributed by atoms with Gasteiger partial charge in [0.1, 0.15) is 23.4 Å². The van der Waals surface area contributed by atoms with Crippen molar-refractivity contribution in [1.82, 2.24) is 15.2 Å². The van der Waals surface area contributed by atoms with Crippen molar-refractivity contribution in [3.8, 4) is 11.6 Å². The Morgan fingerprint density at radius 3 is 2.59 bits per heavy atom. The molecule has 3 aromatic rings. The summed E-state index contributed by atoms with van der Waals surface area (Å²) in [6, 6.07) is 11.5. The number of pyridine rings is 1. The number of nitro groups is 1. The lowest BCUT2D eigenvalue weighted by atomic mass is 10.2. The molecule has 0 aliphatic carbocycles. The van der Waals surface area contributed by atoms with Crippen LogP contribution in [0.25, 0.3) is 6.08 Å². The van der Waals surface area contributed by atoms with Gasteiger partial charge in [-0.25, -0.2) is 14.6 Å². The molecule has 1 N–H and O–H groups in total. The van der Waals surface area contributed by atoms with Gasteiger partial charge in [-0.2, -0.15) is 0 Å². The van der Waals surface area contributed by atoms with Gasteiger partial charge in [0, 0.05) is 12.1 Å². The van der Waals surface area contributed by atoms with Crippen molar-refractivity contribution in [3.05, 3.63) is 87.6 Å². The highest BCUT2D eigenvalue weighted by atomic mass is 16.6. The largest absolute Gasteiger partial charge is 0.463 e. The van der Waals surface area contributed by atoms with Crippen molar-refractivity contribution < 1.29 is 33.2 Å². The van der Waals surface area contributed by atoms with E-state index in [0.29, 0.717) is 11.3 Å². The summed E-state index contributed by atoms with van der Waals surface area (Å²) in [7, 11) is 1.21. The third kappa shape index (κ3) is 4.75. The second kappa shape index (κ2) is 9.24. The second-order valence-corrected chi connectivity index (χ2v) is 6.92. The number of ether oxygens (including phenoxy) is 2. The van der Waals surface area contributed by atoms with Crippen molar-refractivity contribution in [2.24, 2.45) is 0 Å². The highest BCUT2D eigenvalue weighted by molar-refractivity contribution is 6.13. The molecule has 12 heteroatoms. The minimum atomic E-state index is -0.666. The number of hydrogen-bond acceptors (Lipinski definition) is 9. The summed E-state index contributed by atoms with van der Waals surface area (Å²) < 4.78 is 15.4. The molecule has 0 saturated carbocycles. The third-order valence-electron chi connectivity index (χ3n) is 4.67. The van der Waals surface area contributed by atoms with Crippen LogP contribution in [0.1, 0.15) is 21.9 Å². The standard InChI is InChI=1S/C22H16N4O8/c1-32-21(28)18-8-7-16(33-18)12-25-20(27)17(24-22(25)29)10-13-2-5-15(6-3-13)34-19-9-4-14(11-23-19)26(30)31/h2-11H,12H2,1H3,(H,24,29)/b17-10-. The van der Waals surface area contributed by atoms with Crippen molar-refractivity contribution >= 4 is 29.7 Å². The lowest BCUT2D eigenvalue weighted by molar-refractivity contribution is -0.385. The summed E-state index contributed by atoms with van der Waals surface area (Å²) in [5.41, 5.74) is 0.526. The first kappa shape index (κ1) is 22.2. The van der Waals surface area contributed by atoms with Gasteiger partial charge >= 0.3 is 12.0 Å². The number of hydrogen-bond donors (Lipinski definition) is 1. The van der Waals surface area contributed by atoms with E-state index in [1.54, 1.807) is 24.3 Å². The molecule has 1 saturated heterocycles. The number of imide groups is 1. The van der Waals surface area contributed by atoms with E-state index >= 15 is 0 Å². The van der Waals surface area contributed by atoms with Crippen LogP contribution in [-0.4, -0.2) is 39.8 Å². The smallest absolute Gasteiger partial charge is 0.373 e. The molecular weight excluding hydrogens is 448 g/mol. The topological polar surface area (TPSA) is 154 Å². The molecule has 0 unspecified atom stereocenters. The number of carbonyl (C=O) groups is 3. The van der Waals surface area contributed by atoms with E-state index in [1.165, 1.54) is 37.5 Å². The third-order valence-corrected chi connectivity index (χ3v) is 4.67. The fraction of sp³-hybridized carbons (Fsp3) is 0.0909. The number of rotatable bonds is 7. The summed E-state index contributed by atoms with van der Waals surface area (Å²) in [4.78, 5) is 51.4. The number of carbonyl (C=O) groups excluding carboxylic acids is 3. The van der Waals surface area contributed by atoms with Gasteiger partial charge in [-0.15, -0.1) is 0 Å². The molecular formula is C22H16N4O8. The first-order chi connectivity index (χ1) is 16.3. The molecule has 0 spiro atoms. The molecule has 12 nitrogen and oxygen atoms in total. The monoisotopic (exact) mass is 464 g/mol. The van der Waals surface area contributed by atoms with Gasteiger partial charge in [0.05, 0.1) is 18.6 Å². The van der Waals surface area contributed by atoms with E-state index in [9.17, 15) is 24.5 Å². The van der Waals surface area contributed by atoms with E-state index < -0.39 is 22.8 Å². The van der Waals surface area contributed by atoms with E-state index in [-0.39, 0.29) is 35.3 Å².